The maximum atomic E-state index is 13.3. The van der Waals surface area contributed by atoms with E-state index in [1.54, 1.807) is 19.2 Å². The third-order valence-electron chi connectivity index (χ3n) is 5.16. The second kappa shape index (κ2) is 7.37. The summed E-state index contributed by atoms with van der Waals surface area (Å²) in [6.45, 7) is 1.18. The summed E-state index contributed by atoms with van der Waals surface area (Å²) in [5.74, 6) is 1.58. The van der Waals surface area contributed by atoms with E-state index in [2.05, 4.69) is 9.48 Å². The molecule has 0 amide bonds. The zero-order valence-electron chi connectivity index (χ0n) is 14.7. The largest absolute Gasteiger partial charge is 1.00 e. The molecule has 2 aromatic rings. The van der Waals surface area contributed by atoms with Gasteiger partial charge in [0.2, 0.25) is 0 Å². The Labute approximate surface area is 163 Å². The molecule has 4 rings (SSSR count). The van der Waals surface area contributed by atoms with Gasteiger partial charge in [-0.2, -0.15) is 0 Å². The molecule has 138 valence electrons. The Hall–Kier alpha value is -1.92. The molecular weight excluding hydrogens is 399 g/mol. The van der Waals surface area contributed by atoms with Crippen LogP contribution in [0.25, 0.3) is 0 Å². The first-order chi connectivity index (χ1) is 12.1. The van der Waals surface area contributed by atoms with E-state index in [0.717, 1.165) is 43.1 Å². The van der Waals surface area contributed by atoms with Gasteiger partial charge in [-0.1, -0.05) is 12.1 Å². The lowest BCUT2D eigenvalue weighted by molar-refractivity contribution is -0.661. The number of anilines is 1. The van der Waals surface area contributed by atoms with Crippen LogP contribution in [0.3, 0.4) is 0 Å². The number of nitrogens with zero attached hydrogens (tertiary/aromatic N) is 2. The topological polar surface area (TPSA) is 35.7 Å². The third-order valence-corrected chi connectivity index (χ3v) is 5.16. The van der Waals surface area contributed by atoms with E-state index < -0.39 is 5.72 Å². The lowest BCUT2D eigenvalue weighted by Gasteiger charge is -2.24. The monoisotopic (exact) mass is 420 g/mol. The van der Waals surface area contributed by atoms with Crippen LogP contribution in [-0.2, 0) is 5.72 Å². The molecule has 0 radical (unpaired) electrons. The number of aliphatic hydroxyl groups is 1. The molecule has 2 heterocycles. The SMILES string of the molecule is COc1ccccc1N1CC(O)(c2ccc(F)cc2)[N+]2=C1CCCC2.[Br-]. The van der Waals surface area contributed by atoms with Crippen LogP contribution in [0.5, 0.6) is 5.75 Å². The standard InChI is InChI=1S/C20H22FN2O2.BrH/c1-25-18-7-3-2-6-17(18)22-14-20(24,15-9-11-16(21)12-10-15)23-13-5-4-8-19(22)23;/h2-3,6-7,9-12,24H,4-5,8,13-14H2,1H3;1H/q+1;/p-1. The highest BCUT2D eigenvalue weighted by Gasteiger charge is 2.53. The zero-order chi connectivity index (χ0) is 17.4. The fraction of sp³-hybridized carbons (Fsp3) is 0.350. The fourth-order valence-electron chi connectivity index (χ4n) is 3.93. The average Bonchev–Trinajstić information content (AvgIpc) is 2.96. The van der Waals surface area contributed by atoms with E-state index in [1.807, 2.05) is 24.3 Å². The van der Waals surface area contributed by atoms with Gasteiger partial charge in [-0.05, 0) is 49.2 Å². The summed E-state index contributed by atoms with van der Waals surface area (Å²) in [5, 5.41) is 11.5. The summed E-state index contributed by atoms with van der Waals surface area (Å²) in [5.41, 5.74) is 0.500. The molecule has 0 saturated carbocycles. The molecule has 2 aliphatic rings. The van der Waals surface area contributed by atoms with Crippen molar-refractivity contribution in [3.8, 4) is 5.75 Å². The Morgan fingerprint density at radius 3 is 2.58 bits per heavy atom. The van der Waals surface area contributed by atoms with Crippen LogP contribution in [-0.4, -0.2) is 35.7 Å². The van der Waals surface area contributed by atoms with Crippen LogP contribution >= 0.6 is 0 Å². The first-order valence-electron chi connectivity index (χ1n) is 8.66. The summed E-state index contributed by atoms with van der Waals surface area (Å²) in [6.07, 6.45) is 3.03. The maximum Gasteiger partial charge on any atom is 0.271 e. The summed E-state index contributed by atoms with van der Waals surface area (Å²) < 4.78 is 20.9. The summed E-state index contributed by atoms with van der Waals surface area (Å²) >= 11 is 0. The quantitative estimate of drug-likeness (QED) is 0.715. The van der Waals surface area contributed by atoms with E-state index >= 15 is 0 Å². The number of β-amino-alcohol motifs (C(OH)–C–C–N with tert-alkyl or cyclic N) is 1. The minimum Gasteiger partial charge on any atom is -1.00 e. The molecule has 4 nitrogen and oxygen atoms in total. The predicted octanol–water partition coefficient (Wildman–Crippen LogP) is 0.0985. The number of hydrogen-bond donors (Lipinski definition) is 1. The number of para-hydroxylation sites is 2. The van der Waals surface area contributed by atoms with Crippen molar-refractivity contribution in [3.63, 3.8) is 0 Å². The van der Waals surface area contributed by atoms with Crippen molar-refractivity contribution in [1.82, 2.24) is 0 Å². The van der Waals surface area contributed by atoms with Crippen molar-refractivity contribution < 1.29 is 35.8 Å². The highest BCUT2D eigenvalue weighted by atomic mass is 79.9. The van der Waals surface area contributed by atoms with Gasteiger partial charge in [-0.25, -0.2) is 13.9 Å². The molecule has 1 unspecified atom stereocenters. The lowest BCUT2D eigenvalue weighted by Crippen LogP contribution is -3.00. The van der Waals surface area contributed by atoms with Crippen LogP contribution in [0.2, 0.25) is 0 Å². The lowest BCUT2D eigenvalue weighted by atomic mass is 10.0. The Morgan fingerprint density at radius 1 is 1.12 bits per heavy atom. The van der Waals surface area contributed by atoms with Crippen molar-refractivity contribution in [2.75, 3.05) is 25.1 Å². The van der Waals surface area contributed by atoms with Gasteiger partial charge in [0.1, 0.15) is 5.82 Å². The number of amidine groups is 1. The minimum atomic E-state index is -1.16. The number of benzene rings is 2. The maximum absolute atomic E-state index is 13.3. The number of hydrogen-bond acceptors (Lipinski definition) is 3. The molecular formula is C20H22BrFN2O2. The summed E-state index contributed by atoms with van der Waals surface area (Å²) in [4.78, 5) is 2.14. The van der Waals surface area contributed by atoms with E-state index in [0.29, 0.717) is 12.1 Å². The molecule has 1 atom stereocenters. The molecule has 0 spiro atoms. The van der Waals surface area contributed by atoms with Crippen LogP contribution < -0.4 is 26.6 Å². The molecule has 2 aromatic carbocycles. The number of rotatable bonds is 3. The highest BCUT2D eigenvalue weighted by Crippen LogP contribution is 2.38. The molecule has 1 N–H and O–H groups in total. The van der Waals surface area contributed by atoms with Crippen LogP contribution in [0.1, 0.15) is 24.8 Å². The predicted molar refractivity (Wildman–Crippen MR) is 94.6 cm³/mol. The van der Waals surface area contributed by atoms with Gasteiger partial charge in [0.15, 0.2) is 18.0 Å². The minimum absolute atomic E-state index is 0. The molecule has 6 heteroatoms. The molecule has 0 fully saturated rings. The molecule has 0 bridgehead atoms. The molecule has 0 saturated heterocycles. The van der Waals surface area contributed by atoms with E-state index in [1.165, 1.54) is 12.1 Å². The Balaban J connectivity index is 0.00000196. The second-order valence-electron chi connectivity index (χ2n) is 6.61. The second-order valence-corrected chi connectivity index (χ2v) is 6.61. The number of methoxy groups -OCH3 is 1. The smallest absolute Gasteiger partial charge is 0.271 e. The van der Waals surface area contributed by atoms with Gasteiger partial charge in [0.25, 0.3) is 11.6 Å². The van der Waals surface area contributed by atoms with Crippen molar-refractivity contribution in [1.29, 1.82) is 0 Å². The van der Waals surface area contributed by atoms with Crippen molar-refractivity contribution in [2.45, 2.75) is 25.0 Å². The molecule has 0 aromatic heterocycles. The van der Waals surface area contributed by atoms with Gasteiger partial charge in [0, 0.05) is 12.0 Å². The zero-order valence-corrected chi connectivity index (χ0v) is 16.2. The Kier molecular flexibility index (Phi) is 5.34. The molecule has 26 heavy (non-hydrogen) atoms. The first-order valence-corrected chi connectivity index (χ1v) is 8.66. The number of halogens is 2. The number of ether oxygens (including phenoxy) is 1. The Morgan fingerprint density at radius 2 is 1.85 bits per heavy atom. The van der Waals surface area contributed by atoms with Crippen LogP contribution in [0.15, 0.2) is 48.5 Å². The highest BCUT2D eigenvalue weighted by molar-refractivity contribution is 5.97. The third kappa shape index (κ3) is 3.01. The van der Waals surface area contributed by atoms with E-state index in [4.69, 9.17) is 4.74 Å². The van der Waals surface area contributed by atoms with Crippen LogP contribution in [0.4, 0.5) is 10.1 Å². The van der Waals surface area contributed by atoms with Crippen LogP contribution in [0, 0.1) is 5.82 Å². The van der Waals surface area contributed by atoms with Gasteiger partial charge >= 0.3 is 0 Å². The fourth-order valence-corrected chi connectivity index (χ4v) is 3.93. The van der Waals surface area contributed by atoms with Gasteiger partial charge < -0.3 is 26.8 Å². The van der Waals surface area contributed by atoms with Crippen molar-refractivity contribution in [2.24, 2.45) is 0 Å². The molecule has 2 aliphatic heterocycles. The molecule has 0 aliphatic carbocycles. The summed E-state index contributed by atoms with van der Waals surface area (Å²) in [6, 6.07) is 14.0. The summed E-state index contributed by atoms with van der Waals surface area (Å²) in [7, 11) is 1.66. The van der Waals surface area contributed by atoms with E-state index in [-0.39, 0.29) is 22.8 Å². The van der Waals surface area contributed by atoms with Gasteiger partial charge in [-0.15, -0.1) is 0 Å². The van der Waals surface area contributed by atoms with Gasteiger partial charge in [-0.3, -0.25) is 0 Å². The average molecular weight is 421 g/mol. The van der Waals surface area contributed by atoms with E-state index in [9.17, 15) is 9.50 Å². The normalized spacial score (nSPS) is 22.0. The first kappa shape index (κ1) is 18.9. The van der Waals surface area contributed by atoms with Crippen molar-refractivity contribution >= 4 is 11.5 Å². The van der Waals surface area contributed by atoms with Crippen molar-refractivity contribution in [3.05, 3.63) is 59.9 Å². The Bertz CT molecular complexity index is 825. The van der Waals surface area contributed by atoms with Gasteiger partial charge in [0.05, 0.1) is 13.7 Å².